The van der Waals surface area contributed by atoms with E-state index in [4.69, 9.17) is 10.2 Å². The van der Waals surface area contributed by atoms with Crippen molar-refractivity contribution in [3.8, 4) is 0 Å². The number of allylic oxidation sites excluding steroid dienone is 2. The molecule has 0 atom stereocenters. The summed E-state index contributed by atoms with van der Waals surface area (Å²) in [5.74, 6) is -2.29. The van der Waals surface area contributed by atoms with Gasteiger partial charge < -0.3 is 10.2 Å². The molecule has 18 heavy (non-hydrogen) atoms. The van der Waals surface area contributed by atoms with E-state index in [2.05, 4.69) is 19.1 Å². The lowest BCUT2D eigenvalue weighted by Gasteiger charge is -2.04. The highest BCUT2D eigenvalue weighted by Crippen LogP contribution is 2.14. The molecule has 2 N–H and O–H groups in total. The van der Waals surface area contributed by atoms with Crippen LogP contribution in [-0.2, 0) is 9.59 Å². The van der Waals surface area contributed by atoms with Gasteiger partial charge in [0, 0.05) is 11.1 Å². The van der Waals surface area contributed by atoms with Crippen molar-refractivity contribution in [1.29, 1.82) is 0 Å². The summed E-state index contributed by atoms with van der Waals surface area (Å²) < 4.78 is 0. The summed E-state index contributed by atoms with van der Waals surface area (Å²) in [6, 6.07) is 0. The molecule has 0 bridgehead atoms. The number of carbonyl (C=O) groups is 2. The lowest BCUT2D eigenvalue weighted by Crippen LogP contribution is -2.09. The first-order valence-corrected chi connectivity index (χ1v) is 6.32. The van der Waals surface area contributed by atoms with Crippen molar-refractivity contribution >= 4 is 11.9 Å². The average Bonchev–Trinajstić information content (AvgIpc) is 2.31. The number of aliphatic carboxylic acids is 2. The predicted octanol–water partition coefficient (Wildman–Crippen LogP) is 3.39. The Balaban J connectivity index is 4.12. The molecule has 102 valence electrons. The second-order valence-corrected chi connectivity index (χ2v) is 4.22. The van der Waals surface area contributed by atoms with Crippen molar-refractivity contribution in [2.24, 2.45) is 0 Å². The Hall–Kier alpha value is -1.58. The van der Waals surface area contributed by atoms with Crippen molar-refractivity contribution in [3.05, 3.63) is 23.3 Å². The van der Waals surface area contributed by atoms with E-state index in [0.29, 0.717) is 12.8 Å². The largest absolute Gasteiger partial charge is 0.478 e. The highest BCUT2D eigenvalue weighted by atomic mass is 16.4. The monoisotopic (exact) mass is 254 g/mol. The smallest absolute Gasteiger partial charge is 0.332 e. The van der Waals surface area contributed by atoms with Crippen molar-refractivity contribution in [2.45, 2.75) is 52.4 Å². The zero-order chi connectivity index (χ0) is 14.0. The van der Waals surface area contributed by atoms with E-state index in [1.165, 1.54) is 6.92 Å². The van der Waals surface area contributed by atoms with Gasteiger partial charge in [-0.25, -0.2) is 9.59 Å². The molecule has 0 aliphatic rings. The summed E-state index contributed by atoms with van der Waals surface area (Å²) >= 11 is 0. The minimum absolute atomic E-state index is 0.0139. The second-order valence-electron chi connectivity index (χ2n) is 4.22. The van der Waals surface area contributed by atoms with Gasteiger partial charge in [0.05, 0.1) is 0 Å². The zero-order valence-electron chi connectivity index (χ0n) is 11.1. The van der Waals surface area contributed by atoms with Gasteiger partial charge in [0.15, 0.2) is 0 Å². The zero-order valence-corrected chi connectivity index (χ0v) is 11.1. The van der Waals surface area contributed by atoms with Crippen LogP contribution in [0.15, 0.2) is 23.3 Å². The fourth-order valence-electron chi connectivity index (χ4n) is 1.55. The number of unbranched alkanes of at least 4 members (excludes halogenated alkanes) is 3. The lowest BCUT2D eigenvalue weighted by atomic mass is 10.0. The SMILES string of the molecule is CCCC=CCCCCC(C(=O)O)=C(C)C(=O)O. The van der Waals surface area contributed by atoms with Crippen molar-refractivity contribution < 1.29 is 19.8 Å². The molecule has 0 aromatic heterocycles. The minimum atomic E-state index is -1.16. The Morgan fingerprint density at radius 2 is 1.61 bits per heavy atom. The van der Waals surface area contributed by atoms with E-state index in [1.807, 2.05) is 0 Å². The van der Waals surface area contributed by atoms with Crippen LogP contribution in [0.4, 0.5) is 0 Å². The molecule has 0 radical (unpaired) electrons. The van der Waals surface area contributed by atoms with Gasteiger partial charge in [0.2, 0.25) is 0 Å². The number of rotatable bonds is 9. The first-order valence-electron chi connectivity index (χ1n) is 6.32. The van der Waals surface area contributed by atoms with Crippen LogP contribution < -0.4 is 0 Å². The normalized spacial score (nSPS) is 12.6. The van der Waals surface area contributed by atoms with Gasteiger partial charge in [-0.15, -0.1) is 0 Å². The van der Waals surface area contributed by atoms with Gasteiger partial charge in [-0.3, -0.25) is 0 Å². The molecule has 0 fully saturated rings. The fraction of sp³-hybridized carbons (Fsp3) is 0.571. The van der Waals surface area contributed by atoms with Gasteiger partial charge in [0.1, 0.15) is 0 Å². The third-order valence-electron chi connectivity index (χ3n) is 2.70. The summed E-state index contributed by atoms with van der Waals surface area (Å²) in [5, 5.41) is 17.7. The second kappa shape index (κ2) is 9.45. The number of hydrogen-bond donors (Lipinski definition) is 2. The van der Waals surface area contributed by atoms with Crippen molar-refractivity contribution in [3.63, 3.8) is 0 Å². The van der Waals surface area contributed by atoms with Gasteiger partial charge >= 0.3 is 11.9 Å². The summed E-state index contributed by atoms with van der Waals surface area (Å²) in [5.41, 5.74) is -0.0518. The maximum atomic E-state index is 10.9. The predicted molar refractivity (Wildman–Crippen MR) is 70.5 cm³/mol. The number of carboxylic acids is 2. The number of hydrogen-bond acceptors (Lipinski definition) is 2. The van der Waals surface area contributed by atoms with Crippen LogP contribution >= 0.6 is 0 Å². The summed E-state index contributed by atoms with van der Waals surface area (Å²) in [6.45, 7) is 3.45. The molecule has 0 aromatic carbocycles. The first kappa shape index (κ1) is 16.4. The maximum absolute atomic E-state index is 10.9. The molecule has 0 heterocycles. The third kappa shape index (κ3) is 6.89. The maximum Gasteiger partial charge on any atom is 0.332 e. The summed E-state index contributed by atoms with van der Waals surface area (Å²) in [4.78, 5) is 21.6. The van der Waals surface area contributed by atoms with Gasteiger partial charge in [-0.1, -0.05) is 25.5 Å². The molecule has 0 rings (SSSR count). The van der Waals surface area contributed by atoms with Crippen LogP contribution in [0.5, 0.6) is 0 Å². The fourth-order valence-corrected chi connectivity index (χ4v) is 1.55. The minimum Gasteiger partial charge on any atom is -0.478 e. The lowest BCUT2D eigenvalue weighted by molar-refractivity contribution is -0.136. The quantitative estimate of drug-likeness (QED) is 0.376. The molecule has 4 heteroatoms. The molecule has 0 aliphatic heterocycles. The Kier molecular flexibility index (Phi) is 8.62. The molecule has 0 aromatic rings. The molecular formula is C14H22O4. The van der Waals surface area contributed by atoms with Crippen LogP contribution in [0.25, 0.3) is 0 Å². The van der Waals surface area contributed by atoms with E-state index >= 15 is 0 Å². The van der Waals surface area contributed by atoms with E-state index in [1.54, 1.807) is 0 Å². The molecule has 0 amide bonds. The standard InChI is InChI=1S/C14H22O4/c1-3-4-5-6-7-8-9-10-12(14(17)18)11(2)13(15)16/h5-6H,3-4,7-10H2,1-2H3,(H,15,16)(H,17,18). The first-order chi connectivity index (χ1) is 8.50. The van der Waals surface area contributed by atoms with Gasteiger partial charge in [-0.05, 0) is 39.0 Å². The third-order valence-corrected chi connectivity index (χ3v) is 2.70. The molecule has 0 unspecified atom stereocenters. The van der Waals surface area contributed by atoms with E-state index < -0.39 is 11.9 Å². The van der Waals surface area contributed by atoms with Gasteiger partial charge in [0.25, 0.3) is 0 Å². The van der Waals surface area contributed by atoms with E-state index in [0.717, 1.165) is 25.7 Å². The Labute approximate surface area is 108 Å². The van der Waals surface area contributed by atoms with Crippen molar-refractivity contribution in [2.75, 3.05) is 0 Å². The molecule has 0 saturated carbocycles. The molecule has 0 spiro atoms. The molecule has 4 nitrogen and oxygen atoms in total. The van der Waals surface area contributed by atoms with E-state index in [9.17, 15) is 9.59 Å². The molecular weight excluding hydrogens is 232 g/mol. The molecule has 0 aliphatic carbocycles. The molecule has 0 saturated heterocycles. The topological polar surface area (TPSA) is 74.6 Å². The highest BCUT2D eigenvalue weighted by Gasteiger charge is 2.15. The van der Waals surface area contributed by atoms with Crippen LogP contribution in [0.1, 0.15) is 52.4 Å². The van der Waals surface area contributed by atoms with Gasteiger partial charge in [-0.2, -0.15) is 0 Å². The van der Waals surface area contributed by atoms with Crippen LogP contribution in [0.2, 0.25) is 0 Å². The van der Waals surface area contributed by atoms with Crippen LogP contribution in [-0.4, -0.2) is 22.2 Å². The van der Waals surface area contributed by atoms with Crippen LogP contribution in [0.3, 0.4) is 0 Å². The summed E-state index contributed by atoms with van der Waals surface area (Å²) in [6.07, 6.45) is 9.22. The average molecular weight is 254 g/mol. The Morgan fingerprint density at radius 3 is 2.11 bits per heavy atom. The Bertz CT molecular complexity index is 340. The highest BCUT2D eigenvalue weighted by molar-refractivity contribution is 5.98. The Morgan fingerprint density at radius 1 is 1.00 bits per heavy atom. The van der Waals surface area contributed by atoms with Crippen LogP contribution in [0, 0.1) is 0 Å². The van der Waals surface area contributed by atoms with E-state index in [-0.39, 0.29) is 11.1 Å². The summed E-state index contributed by atoms with van der Waals surface area (Å²) in [7, 11) is 0. The number of carboxylic acid groups (broad SMARTS) is 2. The van der Waals surface area contributed by atoms with Crippen molar-refractivity contribution in [1.82, 2.24) is 0 Å².